The van der Waals surface area contributed by atoms with E-state index in [0.717, 1.165) is 12.8 Å². The second kappa shape index (κ2) is 3.42. The molecule has 1 nitrogen and oxygen atoms in total. The summed E-state index contributed by atoms with van der Waals surface area (Å²) in [5.41, 5.74) is 3.94. The van der Waals surface area contributed by atoms with Crippen molar-refractivity contribution in [1.82, 2.24) is 4.98 Å². The highest BCUT2D eigenvalue weighted by atomic mass is 79.9. The molecule has 1 aliphatic carbocycles. The first-order chi connectivity index (χ1) is 7.25. The van der Waals surface area contributed by atoms with Gasteiger partial charge < -0.3 is 0 Å². The van der Waals surface area contributed by atoms with Gasteiger partial charge in [0.2, 0.25) is 0 Å². The topological polar surface area (TPSA) is 12.9 Å². The van der Waals surface area contributed by atoms with E-state index in [-0.39, 0.29) is 0 Å². The van der Waals surface area contributed by atoms with E-state index in [9.17, 15) is 0 Å². The predicted octanol–water partition coefficient (Wildman–Crippen LogP) is 3.98. The molecule has 0 bridgehead atoms. The van der Waals surface area contributed by atoms with Crippen LogP contribution in [0.5, 0.6) is 0 Å². The number of halogens is 1. The van der Waals surface area contributed by atoms with E-state index in [1.807, 2.05) is 11.3 Å². The van der Waals surface area contributed by atoms with Crippen LogP contribution < -0.4 is 0 Å². The summed E-state index contributed by atoms with van der Waals surface area (Å²) in [6.07, 6.45) is 2.27. The highest BCUT2D eigenvalue weighted by Gasteiger charge is 2.20. The molecule has 0 aliphatic heterocycles. The lowest BCUT2D eigenvalue weighted by Gasteiger charge is -2.16. The number of benzene rings is 1. The molecule has 1 heterocycles. The molecule has 0 fully saturated rings. The standard InChI is InChI=1S/C12H10BrNS/c1-7-14-12-9-3-2-4-10(13)8(9)5-6-11(12)15-7/h2-4H,5-6H2,1H3. The zero-order valence-corrected chi connectivity index (χ0v) is 10.8. The van der Waals surface area contributed by atoms with Gasteiger partial charge in [-0.25, -0.2) is 4.98 Å². The molecule has 0 atom stereocenters. The molecule has 3 heteroatoms. The van der Waals surface area contributed by atoms with Crippen molar-refractivity contribution in [2.75, 3.05) is 0 Å². The van der Waals surface area contributed by atoms with Crippen LogP contribution in [0.1, 0.15) is 15.4 Å². The summed E-state index contributed by atoms with van der Waals surface area (Å²) in [6, 6.07) is 6.38. The Morgan fingerprint density at radius 3 is 3.07 bits per heavy atom. The van der Waals surface area contributed by atoms with Gasteiger partial charge in [-0.1, -0.05) is 28.1 Å². The molecule has 1 aromatic heterocycles. The minimum atomic E-state index is 1.13. The Hall–Kier alpha value is -0.670. The molecule has 0 saturated carbocycles. The zero-order chi connectivity index (χ0) is 10.4. The van der Waals surface area contributed by atoms with Crippen LogP contribution in [0.2, 0.25) is 0 Å². The summed E-state index contributed by atoms with van der Waals surface area (Å²) in [5.74, 6) is 0. The van der Waals surface area contributed by atoms with Gasteiger partial charge in [0.25, 0.3) is 0 Å². The maximum Gasteiger partial charge on any atom is 0.0904 e. The first-order valence-corrected chi connectivity index (χ1v) is 6.61. The van der Waals surface area contributed by atoms with Gasteiger partial charge in [-0.15, -0.1) is 11.3 Å². The van der Waals surface area contributed by atoms with Gasteiger partial charge >= 0.3 is 0 Å². The highest BCUT2D eigenvalue weighted by Crippen LogP contribution is 2.38. The summed E-state index contributed by atoms with van der Waals surface area (Å²) in [4.78, 5) is 6.07. The van der Waals surface area contributed by atoms with Crippen LogP contribution in [-0.4, -0.2) is 4.98 Å². The fourth-order valence-corrected chi connectivity index (χ4v) is 3.64. The Kier molecular flexibility index (Phi) is 2.18. The summed E-state index contributed by atoms with van der Waals surface area (Å²) in [6.45, 7) is 2.08. The SMILES string of the molecule is Cc1nc2c(s1)CCc1c(Br)cccc1-2. The Morgan fingerprint density at radius 2 is 2.20 bits per heavy atom. The minimum absolute atomic E-state index is 1.13. The van der Waals surface area contributed by atoms with Crippen LogP contribution in [0.4, 0.5) is 0 Å². The largest absolute Gasteiger partial charge is 0.241 e. The maximum atomic E-state index is 4.63. The van der Waals surface area contributed by atoms with Crippen molar-refractivity contribution < 1.29 is 0 Å². The lowest BCUT2D eigenvalue weighted by molar-refractivity contribution is 0.948. The van der Waals surface area contributed by atoms with Crippen molar-refractivity contribution in [3.63, 3.8) is 0 Å². The molecule has 0 spiro atoms. The number of aryl methyl sites for hydroxylation is 2. The molecule has 15 heavy (non-hydrogen) atoms. The number of aromatic nitrogens is 1. The number of thiazole rings is 1. The fraction of sp³-hybridized carbons (Fsp3) is 0.250. The van der Waals surface area contributed by atoms with E-state index >= 15 is 0 Å². The van der Waals surface area contributed by atoms with Crippen molar-refractivity contribution in [3.8, 4) is 11.3 Å². The van der Waals surface area contributed by atoms with Crippen molar-refractivity contribution >= 4 is 27.3 Å². The van der Waals surface area contributed by atoms with Gasteiger partial charge in [0.1, 0.15) is 0 Å². The van der Waals surface area contributed by atoms with Crippen molar-refractivity contribution in [2.24, 2.45) is 0 Å². The lowest BCUT2D eigenvalue weighted by atomic mass is 9.94. The van der Waals surface area contributed by atoms with E-state index in [2.05, 4.69) is 46.0 Å². The van der Waals surface area contributed by atoms with Gasteiger partial charge in [-0.2, -0.15) is 0 Å². The van der Waals surface area contributed by atoms with Crippen LogP contribution in [0.3, 0.4) is 0 Å². The highest BCUT2D eigenvalue weighted by molar-refractivity contribution is 9.10. The predicted molar refractivity (Wildman–Crippen MR) is 67.4 cm³/mol. The molecule has 1 aromatic carbocycles. The summed E-state index contributed by atoms with van der Waals surface area (Å²) in [7, 11) is 0. The average molecular weight is 280 g/mol. The van der Waals surface area contributed by atoms with Crippen molar-refractivity contribution in [1.29, 1.82) is 0 Å². The molecule has 2 aromatic rings. The van der Waals surface area contributed by atoms with E-state index in [4.69, 9.17) is 0 Å². The van der Waals surface area contributed by atoms with Gasteiger partial charge in [0, 0.05) is 14.9 Å². The van der Waals surface area contributed by atoms with Gasteiger partial charge in [-0.05, 0) is 31.4 Å². The second-order valence-electron chi connectivity index (χ2n) is 3.77. The van der Waals surface area contributed by atoms with Gasteiger partial charge in [0.15, 0.2) is 0 Å². The average Bonchev–Trinajstić information content (AvgIpc) is 2.59. The molecule has 0 amide bonds. The number of nitrogens with zero attached hydrogens (tertiary/aromatic N) is 1. The molecule has 0 N–H and O–H groups in total. The van der Waals surface area contributed by atoms with Crippen molar-refractivity contribution in [3.05, 3.63) is 38.1 Å². The van der Waals surface area contributed by atoms with E-state index in [1.165, 1.54) is 31.2 Å². The zero-order valence-electron chi connectivity index (χ0n) is 8.38. The summed E-state index contributed by atoms with van der Waals surface area (Å²) < 4.78 is 1.22. The van der Waals surface area contributed by atoms with Crippen LogP contribution in [0.25, 0.3) is 11.3 Å². The number of hydrogen-bond donors (Lipinski definition) is 0. The molecule has 3 rings (SSSR count). The van der Waals surface area contributed by atoms with E-state index < -0.39 is 0 Å². The Morgan fingerprint density at radius 1 is 1.33 bits per heavy atom. The molecular formula is C12H10BrNS. The second-order valence-corrected chi connectivity index (χ2v) is 5.91. The number of fused-ring (bicyclic) bond motifs is 3. The Balaban J connectivity index is 2.29. The lowest BCUT2D eigenvalue weighted by Crippen LogP contribution is -2.02. The van der Waals surface area contributed by atoms with Crippen LogP contribution in [0, 0.1) is 6.92 Å². The summed E-state index contributed by atoms with van der Waals surface area (Å²) >= 11 is 5.45. The molecule has 1 aliphatic rings. The van der Waals surface area contributed by atoms with E-state index in [1.54, 1.807) is 0 Å². The Bertz CT molecular complexity index is 530. The molecular weight excluding hydrogens is 270 g/mol. The first-order valence-electron chi connectivity index (χ1n) is 5.00. The molecule has 0 unspecified atom stereocenters. The maximum absolute atomic E-state index is 4.63. The van der Waals surface area contributed by atoms with Gasteiger partial charge in [0.05, 0.1) is 10.7 Å². The fourth-order valence-electron chi connectivity index (χ4n) is 2.12. The number of hydrogen-bond acceptors (Lipinski definition) is 2. The molecule has 0 saturated heterocycles. The first kappa shape index (κ1) is 9.55. The van der Waals surface area contributed by atoms with Crippen molar-refractivity contribution in [2.45, 2.75) is 19.8 Å². The monoisotopic (exact) mass is 279 g/mol. The smallest absolute Gasteiger partial charge is 0.0904 e. The van der Waals surface area contributed by atoms with Gasteiger partial charge in [-0.3, -0.25) is 0 Å². The van der Waals surface area contributed by atoms with Crippen LogP contribution in [0.15, 0.2) is 22.7 Å². The third kappa shape index (κ3) is 1.45. The third-order valence-electron chi connectivity index (χ3n) is 2.78. The Labute approximate surface area is 101 Å². The number of rotatable bonds is 0. The van der Waals surface area contributed by atoms with Crippen LogP contribution in [-0.2, 0) is 12.8 Å². The minimum Gasteiger partial charge on any atom is -0.241 e. The third-order valence-corrected chi connectivity index (χ3v) is 4.55. The van der Waals surface area contributed by atoms with E-state index in [0.29, 0.717) is 0 Å². The quantitative estimate of drug-likeness (QED) is 0.711. The normalized spacial score (nSPS) is 13.5. The molecule has 76 valence electrons. The molecule has 0 radical (unpaired) electrons. The summed E-state index contributed by atoms with van der Waals surface area (Å²) in [5, 5.41) is 1.17. The van der Waals surface area contributed by atoms with Crippen LogP contribution >= 0.6 is 27.3 Å².